The summed E-state index contributed by atoms with van der Waals surface area (Å²) >= 11 is 1.24. The van der Waals surface area contributed by atoms with Crippen LogP contribution in [-0.2, 0) is 6.54 Å². The average molecular weight is 658 g/mol. The van der Waals surface area contributed by atoms with Crippen molar-refractivity contribution in [3.63, 3.8) is 0 Å². The molecule has 4 N–H and O–H groups in total. The van der Waals surface area contributed by atoms with Crippen molar-refractivity contribution in [3.05, 3.63) is 83.4 Å². The molecule has 10 nitrogen and oxygen atoms in total. The van der Waals surface area contributed by atoms with E-state index in [1.54, 1.807) is 18.2 Å². The van der Waals surface area contributed by atoms with E-state index in [-0.39, 0.29) is 22.4 Å². The Morgan fingerprint density at radius 1 is 0.936 bits per heavy atom. The molecule has 2 heterocycles. The van der Waals surface area contributed by atoms with Gasteiger partial charge >= 0.3 is 5.97 Å². The van der Waals surface area contributed by atoms with Gasteiger partial charge < -0.3 is 20.5 Å². The molecule has 0 aliphatic rings. The van der Waals surface area contributed by atoms with E-state index in [0.29, 0.717) is 30.8 Å². The van der Waals surface area contributed by atoms with Crippen LogP contribution in [0.2, 0.25) is 0 Å². The Morgan fingerprint density at radius 2 is 1.62 bits per heavy atom. The average Bonchev–Trinajstić information content (AvgIpc) is 3.00. The number of aromatic nitrogens is 4. The summed E-state index contributed by atoms with van der Waals surface area (Å²) in [4.78, 5) is 30.8. The molecule has 47 heavy (non-hydrogen) atoms. The molecule has 11 heteroatoms. The standard InChI is InChI=1S/C36H47N7O3S/c1-23-11-9-12-24(2)32(23)29-16-31(42-34(41-29)43-47-28-14-10-13-25(15-28)33(44)45)46-21-26(17-35(3,4)5)37-20-30-38-18-27(19-39-30)40-22-36(6,7)8/h9-16,18-19,26,37,40H,17,20-22H2,1-8H3,(H,44,45)(H,41,42,43). The summed E-state index contributed by atoms with van der Waals surface area (Å²) in [6.45, 7) is 19.0. The maximum atomic E-state index is 11.5. The van der Waals surface area contributed by atoms with E-state index in [4.69, 9.17) is 9.72 Å². The quantitative estimate of drug-likeness (QED) is 0.0990. The lowest BCUT2D eigenvalue weighted by atomic mass is 9.88. The van der Waals surface area contributed by atoms with Gasteiger partial charge in [0.05, 0.1) is 35.9 Å². The van der Waals surface area contributed by atoms with Crippen molar-refractivity contribution >= 4 is 29.6 Å². The third-order valence-corrected chi connectivity index (χ3v) is 7.92. The SMILES string of the molecule is Cc1cccc(C)c1-c1cc(OCC(CC(C)(C)C)NCc2ncc(NCC(C)(C)C)cn2)nc(NSc2cccc(C(=O)O)c2)n1. The van der Waals surface area contributed by atoms with E-state index in [9.17, 15) is 9.90 Å². The fourth-order valence-corrected chi connectivity index (χ4v) is 5.58. The van der Waals surface area contributed by atoms with Gasteiger partial charge in [-0.2, -0.15) is 4.98 Å². The van der Waals surface area contributed by atoms with E-state index in [2.05, 4.69) is 97.8 Å². The molecule has 0 spiro atoms. The molecule has 0 saturated heterocycles. The van der Waals surface area contributed by atoms with Gasteiger partial charge in [-0.1, -0.05) is 65.8 Å². The Labute approximate surface area is 282 Å². The zero-order valence-electron chi connectivity index (χ0n) is 28.6. The summed E-state index contributed by atoms with van der Waals surface area (Å²) in [7, 11) is 0. The predicted molar refractivity (Wildman–Crippen MR) is 190 cm³/mol. The second kappa shape index (κ2) is 15.6. The second-order valence-corrected chi connectivity index (χ2v) is 15.1. The van der Waals surface area contributed by atoms with Crippen molar-refractivity contribution in [2.24, 2.45) is 10.8 Å². The fourth-order valence-electron chi connectivity index (χ4n) is 4.94. The van der Waals surface area contributed by atoms with Gasteiger partial charge in [-0.15, -0.1) is 0 Å². The van der Waals surface area contributed by atoms with E-state index in [0.717, 1.165) is 45.9 Å². The van der Waals surface area contributed by atoms with E-state index in [1.165, 1.54) is 11.9 Å². The minimum atomic E-state index is -0.980. The van der Waals surface area contributed by atoms with Gasteiger partial charge in [-0.25, -0.2) is 19.7 Å². The molecular formula is C36H47N7O3S. The van der Waals surface area contributed by atoms with Crippen molar-refractivity contribution in [2.75, 3.05) is 23.2 Å². The van der Waals surface area contributed by atoms with E-state index in [1.807, 2.05) is 30.6 Å². The van der Waals surface area contributed by atoms with Gasteiger partial charge in [0.2, 0.25) is 11.8 Å². The van der Waals surface area contributed by atoms with E-state index < -0.39 is 5.97 Å². The highest BCUT2D eigenvalue weighted by Gasteiger charge is 2.21. The summed E-state index contributed by atoms with van der Waals surface area (Å²) in [5.41, 5.74) is 5.26. The molecule has 0 aliphatic heterocycles. The molecule has 4 aromatic rings. The Balaban J connectivity index is 1.52. The first-order chi connectivity index (χ1) is 22.1. The zero-order valence-corrected chi connectivity index (χ0v) is 29.5. The molecule has 2 aromatic heterocycles. The van der Waals surface area contributed by atoms with Gasteiger partial charge in [-0.05, 0) is 72.4 Å². The highest BCUT2D eigenvalue weighted by atomic mass is 32.2. The lowest BCUT2D eigenvalue weighted by Gasteiger charge is -2.27. The van der Waals surface area contributed by atoms with Crippen LogP contribution in [-0.4, -0.2) is 50.2 Å². The number of hydrogen-bond donors (Lipinski definition) is 4. The molecule has 0 bridgehead atoms. The van der Waals surface area contributed by atoms with Crippen molar-refractivity contribution in [1.82, 2.24) is 25.3 Å². The Kier molecular flexibility index (Phi) is 11.8. The highest BCUT2D eigenvalue weighted by Crippen LogP contribution is 2.30. The largest absolute Gasteiger partial charge is 0.478 e. The minimum Gasteiger partial charge on any atom is -0.478 e. The molecule has 250 valence electrons. The monoisotopic (exact) mass is 657 g/mol. The Hall–Kier alpha value is -4.22. The van der Waals surface area contributed by atoms with Crippen molar-refractivity contribution in [2.45, 2.75) is 79.3 Å². The van der Waals surface area contributed by atoms with E-state index >= 15 is 0 Å². The fraction of sp³-hybridized carbons (Fsp3) is 0.417. The lowest BCUT2D eigenvalue weighted by Crippen LogP contribution is -2.38. The molecule has 1 atom stereocenters. The second-order valence-electron chi connectivity index (χ2n) is 14.2. The van der Waals surface area contributed by atoms with Gasteiger partial charge in [0.15, 0.2) is 0 Å². The summed E-state index contributed by atoms with van der Waals surface area (Å²) in [6.07, 6.45) is 4.50. The van der Waals surface area contributed by atoms with Crippen LogP contribution < -0.4 is 20.1 Å². The number of rotatable bonds is 14. The van der Waals surface area contributed by atoms with Gasteiger partial charge in [-0.3, -0.25) is 4.72 Å². The molecule has 0 fully saturated rings. The summed E-state index contributed by atoms with van der Waals surface area (Å²) in [5, 5.41) is 16.4. The molecule has 2 aromatic carbocycles. The number of carboxylic acids is 1. The number of benzene rings is 2. The normalized spacial score (nSPS) is 12.4. The van der Waals surface area contributed by atoms with Crippen LogP contribution in [0.5, 0.6) is 5.88 Å². The topological polar surface area (TPSA) is 134 Å². The number of aryl methyl sites for hydroxylation is 2. The minimum absolute atomic E-state index is 0.000414. The molecule has 4 rings (SSSR count). The number of aromatic carboxylic acids is 1. The van der Waals surface area contributed by atoms with Crippen molar-refractivity contribution in [3.8, 4) is 17.1 Å². The number of nitrogens with one attached hydrogen (secondary N) is 3. The first-order valence-electron chi connectivity index (χ1n) is 15.8. The summed E-state index contributed by atoms with van der Waals surface area (Å²) < 4.78 is 9.57. The molecular weight excluding hydrogens is 611 g/mol. The van der Waals surface area contributed by atoms with Crippen LogP contribution in [0.15, 0.2) is 65.8 Å². The van der Waals surface area contributed by atoms with Crippen LogP contribution >= 0.6 is 11.9 Å². The first kappa shape index (κ1) is 35.6. The van der Waals surface area contributed by atoms with Crippen LogP contribution in [0.25, 0.3) is 11.3 Å². The molecule has 0 amide bonds. The smallest absolute Gasteiger partial charge is 0.335 e. The third-order valence-electron chi connectivity index (χ3n) is 7.15. The number of carbonyl (C=O) groups is 1. The van der Waals surface area contributed by atoms with Crippen LogP contribution in [0.4, 0.5) is 11.6 Å². The summed E-state index contributed by atoms with van der Waals surface area (Å²) in [5.74, 6) is 0.526. The Morgan fingerprint density at radius 3 is 2.26 bits per heavy atom. The zero-order chi connectivity index (χ0) is 34.2. The Bertz CT molecular complexity index is 1630. The van der Waals surface area contributed by atoms with Crippen LogP contribution in [0.3, 0.4) is 0 Å². The lowest BCUT2D eigenvalue weighted by molar-refractivity contribution is 0.0696. The van der Waals surface area contributed by atoms with Gasteiger partial charge in [0, 0.05) is 29.1 Å². The maximum Gasteiger partial charge on any atom is 0.335 e. The summed E-state index contributed by atoms with van der Waals surface area (Å²) in [6, 6.07) is 14.7. The van der Waals surface area contributed by atoms with Gasteiger partial charge in [0.25, 0.3) is 0 Å². The molecule has 0 radical (unpaired) electrons. The van der Waals surface area contributed by atoms with Gasteiger partial charge in [0.1, 0.15) is 12.4 Å². The van der Waals surface area contributed by atoms with Crippen molar-refractivity contribution < 1.29 is 14.6 Å². The number of nitrogens with zero attached hydrogens (tertiary/aromatic N) is 4. The van der Waals surface area contributed by atoms with Crippen LogP contribution in [0.1, 0.15) is 75.3 Å². The third kappa shape index (κ3) is 11.5. The number of anilines is 2. The first-order valence-corrected chi connectivity index (χ1v) is 16.6. The number of hydrogen-bond acceptors (Lipinski definition) is 10. The maximum absolute atomic E-state index is 11.5. The number of ether oxygens (including phenoxy) is 1. The number of carboxylic acid groups (broad SMARTS) is 1. The van der Waals surface area contributed by atoms with Crippen molar-refractivity contribution in [1.29, 1.82) is 0 Å². The molecule has 1 unspecified atom stereocenters. The molecule has 0 saturated carbocycles. The van der Waals surface area contributed by atoms with Crippen LogP contribution in [0, 0.1) is 24.7 Å². The predicted octanol–water partition coefficient (Wildman–Crippen LogP) is 7.80. The highest BCUT2D eigenvalue weighted by molar-refractivity contribution is 8.00. The molecule has 0 aliphatic carbocycles.